The van der Waals surface area contributed by atoms with Gasteiger partial charge in [0.1, 0.15) is 5.69 Å². The van der Waals surface area contributed by atoms with Crippen molar-refractivity contribution in [3.05, 3.63) is 86.4 Å². The summed E-state index contributed by atoms with van der Waals surface area (Å²) in [4.78, 5) is 27.6. The summed E-state index contributed by atoms with van der Waals surface area (Å²) in [6.07, 6.45) is 0.592. The van der Waals surface area contributed by atoms with Crippen LogP contribution < -0.4 is 19.7 Å². The first kappa shape index (κ1) is 27.9. The Hall–Kier alpha value is -4.12. The van der Waals surface area contributed by atoms with E-state index >= 15 is 0 Å². The number of hydrogen-bond donors (Lipinski definition) is 1. The number of hydrogen-bond acceptors (Lipinski definition) is 7. The third-order valence-electron chi connectivity index (χ3n) is 6.53. The first-order valence-corrected chi connectivity index (χ1v) is 12.5. The number of rotatable bonds is 9. The Morgan fingerprint density at radius 2 is 1.69 bits per heavy atom. The molecule has 0 aliphatic carbocycles. The first-order chi connectivity index (χ1) is 18.7. The van der Waals surface area contributed by atoms with E-state index in [1.165, 1.54) is 11.0 Å². The van der Waals surface area contributed by atoms with Crippen molar-refractivity contribution in [3.63, 3.8) is 0 Å². The number of piperazine rings is 1. The molecule has 3 aromatic carbocycles. The molecule has 0 radical (unpaired) electrons. The van der Waals surface area contributed by atoms with Gasteiger partial charge < -0.3 is 24.6 Å². The number of methoxy groups -OCH3 is 2. The molecule has 0 spiro atoms. The molecule has 0 bridgehead atoms. The Morgan fingerprint density at radius 3 is 2.36 bits per heavy atom. The van der Waals surface area contributed by atoms with Gasteiger partial charge in [-0.1, -0.05) is 17.7 Å². The van der Waals surface area contributed by atoms with E-state index in [9.17, 15) is 23.7 Å². The third-order valence-corrected chi connectivity index (χ3v) is 6.84. The van der Waals surface area contributed by atoms with E-state index in [0.29, 0.717) is 56.3 Å². The van der Waals surface area contributed by atoms with E-state index in [2.05, 4.69) is 5.32 Å². The van der Waals surface area contributed by atoms with Crippen molar-refractivity contribution in [2.45, 2.75) is 6.42 Å². The van der Waals surface area contributed by atoms with Crippen LogP contribution in [0.15, 0.2) is 48.5 Å². The number of nitrogens with one attached hydrogen (secondary N) is 1. The smallest absolute Gasteiger partial charge is 0.292 e. The number of benzene rings is 3. The molecule has 206 valence electrons. The Balaban J connectivity index is 1.42. The number of nitrogens with zero attached hydrogens (tertiary/aromatic N) is 3. The fraction of sp³-hybridized carbons (Fsp3) is 0.296. The maximum Gasteiger partial charge on any atom is 0.292 e. The van der Waals surface area contributed by atoms with E-state index in [0.717, 1.165) is 23.4 Å². The quantitative estimate of drug-likeness (QED) is 0.219. The molecule has 1 N–H and O–H groups in total. The van der Waals surface area contributed by atoms with Gasteiger partial charge in [-0.2, -0.15) is 0 Å². The number of carbonyl (C=O) groups excluding carboxylic acids is 1. The van der Waals surface area contributed by atoms with Crippen LogP contribution >= 0.6 is 11.6 Å². The van der Waals surface area contributed by atoms with Crippen molar-refractivity contribution in [1.82, 2.24) is 4.90 Å². The topological polar surface area (TPSA) is 97.2 Å². The van der Waals surface area contributed by atoms with Crippen LogP contribution in [-0.4, -0.2) is 62.7 Å². The van der Waals surface area contributed by atoms with Gasteiger partial charge in [0, 0.05) is 44.5 Å². The van der Waals surface area contributed by atoms with Crippen LogP contribution in [0, 0.1) is 21.7 Å². The summed E-state index contributed by atoms with van der Waals surface area (Å²) in [6, 6.07) is 12.0. The highest BCUT2D eigenvalue weighted by atomic mass is 35.5. The summed E-state index contributed by atoms with van der Waals surface area (Å²) in [5.74, 6) is -1.52. The number of anilines is 2. The summed E-state index contributed by atoms with van der Waals surface area (Å²) in [5, 5.41) is 14.7. The molecule has 1 heterocycles. The Bertz CT molecular complexity index is 1380. The largest absolute Gasteiger partial charge is 0.493 e. The van der Waals surface area contributed by atoms with Crippen LogP contribution in [-0.2, 0) is 6.42 Å². The fourth-order valence-corrected chi connectivity index (χ4v) is 4.65. The monoisotopic (exact) mass is 560 g/mol. The number of amides is 1. The molecule has 1 amide bonds. The van der Waals surface area contributed by atoms with E-state index in [4.69, 9.17) is 21.1 Å². The predicted molar refractivity (Wildman–Crippen MR) is 144 cm³/mol. The number of nitro benzene ring substituents is 1. The second-order valence-corrected chi connectivity index (χ2v) is 9.26. The maximum atomic E-state index is 13.7. The van der Waals surface area contributed by atoms with Gasteiger partial charge in [-0.05, 0) is 48.4 Å². The van der Waals surface area contributed by atoms with Crippen molar-refractivity contribution in [2.75, 3.05) is 57.2 Å². The van der Waals surface area contributed by atoms with E-state index in [1.54, 1.807) is 26.4 Å². The molecule has 39 heavy (non-hydrogen) atoms. The van der Waals surface area contributed by atoms with Gasteiger partial charge in [-0.15, -0.1) is 0 Å². The lowest BCUT2D eigenvalue weighted by atomic mass is 10.1. The van der Waals surface area contributed by atoms with Gasteiger partial charge in [0.05, 0.1) is 29.7 Å². The van der Waals surface area contributed by atoms with E-state index in [1.807, 2.05) is 23.1 Å². The van der Waals surface area contributed by atoms with Gasteiger partial charge >= 0.3 is 0 Å². The first-order valence-electron chi connectivity index (χ1n) is 12.1. The third kappa shape index (κ3) is 6.31. The summed E-state index contributed by atoms with van der Waals surface area (Å²) in [7, 11) is 3.12. The minimum absolute atomic E-state index is 0.0483. The zero-order valence-electron chi connectivity index (χ0n) is 21.4. The average Bonchev–Trinajstić information content (AvgIpc) is 2.94. The lowest BCUT2D eigenvalue weighted by Crippen LogP contribution is -2.48. The van der Waals surface area contributed by atoms with Crippen molar-refractivity contribution in [1.29, 1.82) is 0 Å². The second-order valence-electron chi connectivity index (χ2n) is 8.85. The van der Waals surface area contributed by atoms with Crippen LogP contribution in [0.1, 0.15) is 15.9 Å². The Kier molecular flexibility index (Phi) is 8.70. The molecule has 0 saturated carbocycles. The zero-order valence-corrected chi connectivity index (χ0v) is 22.1. The molecule has 1 aliphatic rings. The summed E-state index contributed by atoms with van der Waals surface area (Å²) in [5.41, 5.74) is 1.96. The van der Waals surface area contributed by atoms with Crippen molar-refractivity contribution in [3.8, 4) is 11.5 Å². The molecule has 9 nitrogen and oxygen atoms in total. The van der Waals surface area contributed by atoms with Crippen LogP contribution in [0.25, 0.3) is 0 Å². The van der Waals surface area contributed by atoms with Crippen molar-refractivity contribution >= 4 is 34.6 Å². The number of ether oxygens (including phenoxy) is 2. The predicted octanol–water partition coefficient (Wildman–Crippen LogP) is 5.16. The number of halogens is 3. The summed E-state index contributed by atoms with van der Waals surface area (Å²) < 4.78 is 37.7. The van der Waals surface area contributed by atoms with Gasteiger partial charge in [0.25, 0.3) is 11.6 Å². The Labute approximate surface area is 229 Å². The molecule has 12 heteroatoms. The minimum Gasteiger partial charge on any atom is -0.493 e. The highest BCUT2D eigenvalue weighted by Crippen LogP contribution is 2.31. The molecule has 3 aromatic rings. The van der Waals surface area contributed by atoms with Crippen LogP contribution in [0.4, 0.5) is 25.8 Å². The zero-order chi connectivity index (χ0) is 28.1. The Morgan fingerprint density at radius 1 is 1.00 bits per heavy atom. The summed E-state index contributed by atoms with van der Waals surface area (Å²) >= 11 is 5.97. The molecule has 1 fully saturated rings. The standard InChI is InChI=1S/C27H27ClF2N4O5/c1-38-25-6-3-17(13-26(25)39-2)7-8-31-23-14-18(4-5-24(23)34(36)37)32-9-11-33(12-10-32)27(35)19-15-21(29)22(30)16-20(19)28/h3-6,13-16,31H,7-12H2,1-2H3. The molecule has 0 atom stereocenters. The fourth-order valence-electron chi connectivity index (χ4n) is 4.42. The minimum atomic E-state index is -1.14. The van der Waals surface area contributed by atoms with Gasteiger partial charge in [0.15, 0.2) is 23.1 Å². The highest BCUT2D eigenvalue weighted by molar-refractivity contribution is 6.33. The van der Waals surface area contributed by atoms with E-state index < -0.39 is 22.5 Å². The molecule has 0 unspecified atom stereocenters. The maximum absolute atomic E-state index is 13.7. The molecular weight excluding hydrogens is 534 g/mol. The number of nitro groups is 1. The summed E-state index contributed by atoms with van der Waals surface area (Å²) in [6.45, 7) is 1.95. The number of carbonyl (C=O) groups is 1. The van der Waals surface area contributed by atoms with Crippen molar-refractivity contribution < 1.29 is 28.0 Å². The van der Waals surface area contributed by atoms with Crippen LogP contribution in [0.3, 0.4) is 0 Å². The van der Waals surface area contributed by atoms with E-state index in [-0.39, 0.29) is 16.3 Å². The average molecular weight is 561 g/mol. The molecular formula is C27H27ClF2N4O5. The van der Waals surface area contributed by atoms with Crippen molar-refractivity contribution in [2.24, 2.45) is 0 Å². The SMILES string of the molecule is COc1ccc(CCNc2cc(N3CCN(C(=O)c4cc(F)c(F)cc4Cl)CC3)ccc2[N+](=O)[O-])cc1OC. The van der Waals surface area contributed by atoms with Gasteiger partial charge in [-0.25, -0.2) is 8.78 Å². The second kappa shape index (κ2) is 12.2. The van der Waals surface area contributed by atoms with Crippen LogP contribution in [0.2, 0.25) is 5.02 Å². The van der Waals surface area contributed by atoms with Gasteiger partial charge in [0.2, 0.25) is 0 Å². The molecule has 1 aliphatic heterocycles. The van der Waals surface area contributed by atoms with Crippen LogP contribution in [0.5, 0.6) is 11.5 Å². The molecule has 4 rings (SSSR count). The van der Waals surface area contributed by atoms with Gasteiger partial charge in [-0.3, -0.25) is 14.9 Å². The highest BCUT2D eigenvalue weighted by Gasteiger charge is 2.26. The lowest BCUT2D eigenvalue weighted by Gasteiger charge is -2.36. The lowest BCUT2D eigenvalue weighted by molar-refractivity contribution is -0.383. The normalized spacial score (nSPS) is 13.3. The molecule has 0 aromatic heterocycles. The molecule has 1 saturated heterocycles.